The quantitative estimate of drug-likeness (QED) is 0.875. The van der Waals surface area contributed by atoms with Crippen LogP contribution < -0.4 is 0 Å². The number of benzene rings is 1. The average molecular weight is 240 g/mol. The maximum absolute atomic E-state index is 12.9. The zero-order valence-electron chi connectivity index (χ0n) is 9.54. The average Bonchev–Trinajstić information content (AvgIpc) is 2.97. The van der Waals surface area contributed by atoms with Gasteiger partial charge in [-0.3, -0.25) is 4.79 Å². The summed E-state index contributed by atoms with van der Waals surface area (Å²) in [7, 11) is 0. The molecule has 0 bridgehead atoms. The number of carboxylic acid groups (broad SMARTS) is 1. The standard InChI is InChI=1S/C13H14F2O2/c1-8-2-3-9(12(14)15)10(6-8)13(4-5-13)7-11(16)17/h2-3,6,12H,4-5,7H2,1H3,(H,16,17). The van der Waals surface area contributed by atoms with Crippen LogP contribution in [0.25, 0.3) is 0 Å². The van der Waals surface area contributed by atoms with Crippen molar-refractivity contribution < 1.29 is 18.7 Å². The van der Waals surface area contributed by atoms with Crippen molar-refractivity contribution in [1.29, 1.82) is 0 Å². The zero-order chi connectivity index (χ0) is 12.6. The van der Waals surface area contributed by atoms with E-state index < -0.39 is 17.8 Å². The summed E-state index contributed by atoms with van der Waals surface area (Å²) in [5.74, 6) is -0.927. The molecule has 2 rings (SSSR count). The van der Waals surface area contributed by atoms with E-state index in [1.807, 2.05) is 6.92 Å². The normalized spacial score (nSPS) is 17.2. The molecule has 0 aliphatic heterocycles. The molecule has 1 aromatic carbocycles. The lowest BCUT2D eigenvalue weighted by molar-refractivity contribution is -0.137. The van der Waals surface area contributed by atoms with Gasteiger partial charge in [0.15, 0.2) is 0 Å². The Morgan fingerprint density at radius 2 is 2.12 bits per heavy atom. The van der Waals surface area contributed by atoms with E-state index in [-0.39, 0.29) is 12.0 Å². The molecule has 1 aromatic rings. The monoisotopic (exact) mass is 240 g/mol. The lowest BCUT2D eigenvalue weighted by Gasteiger charge is -2.18. The number of alkyl halides is 2. The molecule has 1 saturated carbocycles. The maximum Gasteiger partial charge on any atom is 0.304 e. The molecular formula is C13H14F2O2. The molecule has 0 radical (unpaired) electrons. The number of hydrogen-bond donors (Lipinski definition) is 1. The van der Waals surface area contributed by atoms with Crippen molar-refractivity contribution in [3.8, 4) is 0 Å². The number of carboxylic acids is 1. The van der Waals surface area contributed by atoms with E-state index >= 15 is 0 Å². The van der Waals surface area contributed by atoms with E-state index in [2.05, 4.69) is 0 Å². The lowest BCUT2D eigenvalue weighted by Crippen LogP contribution is -2.15. The minimum atomic E-state index is -2.54. The highest BCUT2D eigenvalue weighted by Crippen LogP contribution is 2.53. The van der Waals surface area contributed by atoms with E-state index in [4.69, 9.17) is 5.11 Å². The van der Waals surface area contributed by atoms with E-state index in [1.54, 1.807) is 12.1 Å². The van der Waals surface area contributed by atoms with Gasteiger partial charge in [0.25, 0.3) is 6.43 Å². The fourth-order valence-electron chi connectivity index (χ4n) is 2.30. The Bertz CT molecular complexity index is 451. The minimum absolute atomic E-state index is 0.0191. The molecule has 4 heteroatoms. The van der Waals surface area contributed by atoms with Crippen molar-refractivity contribution in [2.75, 3.05) is 0 Å². The molecule has 0 aromatic heterocycles. The second-order valence-electron chi connectivity index (χ2n) is 4.74. The van der Waals surface area contributed by atoms with Crippen LogP contribution >= 0.6 is 0 Å². The number of rotatable bonds is 4. The van der Waals surface area contributed by atoms with Crippen LogP contribution in [0.4, 0.5) is 8.78 Å². The molecule has 1 fully saturated rings. The maximum atomic E-state index is 12.9. The van der Waals surface area contributed by atoms with E-state index in [1.165, 1.54) is 6.07 Å². The van der Waals surface area contributed by atoms with Crippen LogP contribution in [0.15, 0.2) is 18.2 Å². The van der Waals surface area contributed by atoms with Crippen LogP contribution in [0.5, 0.6) is 0 Å². The third-order valence-corrected chi connectivity index (χ3v) is 3.36. The minimum Gasteiger partial charge on any atom is -0.481 e. The predicted molar refractivity (Wildman–Crippen MR) is 59.3 cm³/mol. The number of halogens is 2. The molecule has 1 aliphatic carbocycles. The van der Waals surface area contributed by atoms with Gasteiger partial charge in [-0.25, -0.2) is 8.78 Å². The Kier molecular flexibility index (Phi) is 2.89. The van der Waals surface area contributed by atoms with Gasteiger partial charge in [-0.15, -0.1) is 0 Å². The highest BCUT2D eigenvalue weighted by molar-refractivity contribution is 5.70. The Hall–Kier alpha value is -1.45. The van der Waals surface area contributed by atoms with Gasteiger partial charge in [0.2, 0.25) is 0 Å². The van der Waals surface area contributed by atoms with Crippen molar-refractivity contribution in [2.24, 2.45) is 0 Å². The third-order valence-electron chi connectivity index (χ3n) is 3.36. The first-order chi connectivity index (χ1) is 7.94. The van der Waals surface area contributed by atoms with Crippen LogP contribution in [0.2, 0.25) is 0 Å². The van der Waals surface area contributed by atoms with Gasteiger partial charge in [0, 0.05) is 11.0 Å². The molecule has 0 saturated heterocycles. The van der Waals surface area contributed by atoms with E-state index in [0.717, 1.165) is 5.56 Å². The fraction of sp³-hybridized carbons (Fsp3) is 0.462. The van der Waals surface area contributed by atoms with Crippen LogP contribution in [-0.2, 0) is 10.2 Å². The third kappa shape index (κ3) is 2.30. The highest BCUT2D eigenvalue weighted by Gasteiger charge is 2.47. The van der Waals surface area contributed by atoms with Crippen molar-refractivity contribution in [3.05, 3.63) is 34.9 Å². The summed E-state index contributed by atoms with van der Waals surface area (Å²) in [5.41, 5.74) is 0.842. The first-order valence-corrected chi connectivity index (χ1v) is 5.56. The Labute approximate surface area is 98.3 Å². The Morgan fingerprint density at radius 3 is 2.59 bits per heavy atom. The Morgan fingerprint density at radius 1 is 1.47 bits per heavy atom. The Balaban J connectivity index is 2.43. The van der Waals surface area contributed by atoms with Crippen molar-refractivity contribution in [3.63, 3.8) is 0 Å². The number of carbonyl (C=O) groups is 1. The van der Waals surface area contributed by atoms with Crippen LogP contribution in [0.3, 0.4) is 0 Å². The topological polar surface area (TPSA) is 37.3 Å². The summed E-state index contributed by atoms with van der Waals surface area (Å²) in [4.78, 5) is 10.8. The SMILES string of the molecule is Cc1ccc(C(F)F)c(C2(CC(=O)O)CC2)c1. The van der Waals surface area contributed by atoms with Gasteiger partial charge < -0.3 is 5.11 Å². The number of aliphatic carboxylic acids is 1. The van der Waals surface area contributed by atoms with Crippen LogP contribution in [0, 0.1) is 6.92 Å². The largest absolute Gasteiger partial charge is 0.481 e. The highest BCUT2D eigenvalue weighted by atomic mass is 19.3. The number of hydrogen-bond acceptors (Lipinski definition) is 1. The molecule has 0 spiro atoms. The summed E-state index contributed by atoms with van der Waals surface area (Å²) in [6.45, 7) is 1.83. The summed E-state index contributed by atoms with van der Waals surface area (Å²) in [5, 5.41) is 8.86. The molecule has 0 amide bonds. The molecule has 17 heavy (non-hydrogen) atoms. The smallest absolute Gasteiger partial charge is 0.304 e. The molecule has 0 unspecified atom stereocenters. The fourth-order valence-corrected chi connectivity index (χ4v) is 2.30. The van der Waals surface area contributed by atoms with Gasteiger partial charge >= 0.3 is 5.97 Å². The van der Waals surface area contributed by atoms with E-state index in [0.29, 0.717) is 18.4 Å². The molecule has 2 nitrogen and oxygen atoms in total. The van der Waals surface area contributed by atoms with Crippen molar-refractivity contribution >= 4 is 5.97 Å². The predicted octanol–water partition coefficient (Wildman–Crippen LogP) is 3.44. The molecule has 0 heterocycles. The van der Waals surface area contributed by atoms with Crippen LogP contribution in [0.1, 0.15) is 42.4 Å². The second kappa shape index (κ2) is 4.09. The summed E-state index contributed by atoms with van der Waals surface area (Å²) in [6, 6.07) is 4.76. The summed E-state index contributed by atoms with van der Waals surface area (Å²) in [6.07, 6.45) is -1.24. The van der Waals surface area contributed by atoms with Crippen LogP contribution in [-0.4, -0.2) is 11.1 Å². The van der Waals surface area contributed by atoms with Gasteiger partial charge in [-0.1, -0.05) is 23.8 Å². The first-order valence-electron chi connectivity index (χ1n) is 5.56. The molecular weight excluding hydrogens is 226 g/mol. The lowest BCUT2D eigenvalue weighted by atomic mass is 9.87. The summed E-state index contributed by atoms with van der Waals surface area (Å²) >= 11 is 0. The molecule has 1 N–H and O–H groups in total. The van der Waals surface area contributed by atoms with Gasteiger partial charge in [-0.2, -0.15) is 0 Å². The first kappa shape index (κ1) is 12.0. The van der Waals surface area contributed by atoms with Crippen molar-refractivity contribution in [1.82, 2.24) is 0 Å². The summed E-state index contributed by atoms with van der Waals surface area (Å²) < 4.78 is 25.8. The molecule has 92 valence electrons. The zero-order valence-corrected chi connectivity index (χ0v) is 9.54. The second-order valence-corrected chi connectivity index (χ2v) is 4.74. The van der Waals surface area contributed by atoms with Gasteiger partial charge in [-0.05, 0) is 25.3 Å². The molecule has 1 aliphatic rings. The van der Waals surface area contributed by atoms with E-state index in [9.17, 15) is 13.6 Å². The van der Waals surface area contributed by atoms with Gasteiger partial charge in [0.1, 0.15) is 0 Å². The number of aryl methyl sites for hydroxylation is 1. The van der Waals surface area contributed by atoms with Crippen molar-refractivity contribution in [2.45, 2.75) is 38.0 Å². The molecule has 0 atom stereocenters. The van der Waals surface area contributed by atoms with Gasteiger partial charge in [0.05, 0.1) is 6.42 Å².